The Kier molecular flexibility index (Phi) is 4.53. The van der Waals surface area contributed by atoms with Crippen molar-refractivity contribution in [3.63, 3.8) is 0 Å². The number of hydrogen-bond donors (Lipinski definition) is 2. The Bertz CT molecular complexity index is 939. The number of carbonyl (C=O) groups is 3. The molecule has 2 aromatic heterocycles. The van der Waals surface area contributed by atoms with Gasteiger partial charge in [0.05, 0.1) is 5.56 Å². The normalized spacial score (nSPS) is 15.6. The van der Waals surface area contributed by atoms with Crippen molar-refractivity contribution >= 4 is 39.9 Å². The van der Waals surface area contributed by atoms with E-state index in [0.29, 0.717) is 22.1 Å². The lowest BCUT2D eigenvalue weighted by atomic mass is 9.95. The molecule has 4 rings (SSSR count). The van der Waals surface area contributed by atoms with Crippen molar-refractivity contribution in [3.05, 3.63) is 34.3 Å². The molecule has 2 aromatic rings. The summed E-state index contributed by atoms with van der Waals surface area (Å²) >= 11 is 1.39. The van der Waals surface area contributed by atoms with Crippen LogP contribution in [0.15, 0.2) is 18.3 Å². The van der Waals surface area contributed by atoms with Crippen LogP contribution in [-0.2, 0) is 22.4 Å². The van der Waals surface area contributed by atoms with Crippen LogP contribution in [0.2, 0.25) is 0 Å². The zero-order valence-electron chi connectivity index (χ0n) is 14.5. The molecular formula is C18H18N4O4S. The molecule has 0 radical (unpaired) electrons. The molecule has 140 valence electrons. The summed E-state index contributed by atoms with van der Waals surface area (Å²) in [7, 11) is 0. The molecule has 0 atom stereocenters. The molecule has 0 fully saturated rings. The first kappa shape index (κ1) is 17.5. The Morgan fingerprint density at radius 1 is 1.33 bits per heavy atom. The maximum absolute atomic E-state index is 12.6. The number of anilines is 2. The van der Waals surface area contributed by atoms with Crippen LogP contribution in [0.3, 0.4) is 0 Å². The molecule has 1 aliphatic heterocycles. The lowest BCUT2D eigenvalue weighted by Gasteiger charge is -2.27. The van der Waals surface area contributed by atoms with E-state index in [1.165, 1.54) is 22.4 Å². The molecule has 0 aromatic carbocycles. The average molecular weight is 386 g/mol. The molecule has 3 amide bonds. The highest BCUT2D eigenvalue weighted by atomic mass is 32.1. The third-order valence-electron chi connectivity index (χ3n) is 4.63. The molecule has 1 aliphatic carbocycles. The number of hydrogen-bond acceptors (Lipinski definition) is 6. The predicted octanol–water partition coefficient (Wildman–Crippen LogP) is 1.48. The minimum atomic E-state index is -0.542. The molecule has 9 heteroatoms. The minimum Gasteiger partial charge on any atom is -0.480 e. The fourth-order valence-corrected chi connectivity index (χ4v) is 4.73. The molecular weight excluding hydrogens is 368 g/mol. The fourth-order valence-electron chi connectivity index (χ4n) is 3.42. The van der Waals surface area contributed by atoms with Gasteiger partial charge in [-0.3, -0.25) is 19.3 Å². The van der Waals surface area contributed by atoms with Crippen LogP contribution < -0.4 is 20.7 Å². The third kappa shape index (κ3) is 3.25. The van der Waals surface area contributed by atoms with Gasteiger partial charge in [0.15, 0.2) is 18.2 Å². The van der Waals surface area contributed by atoms with Gasteiger partial charge in [0.1, 0.15) is 11.5 Å². The number of rotatable bonds is 4. The summed E-state index contributed by atoms with van der Waals surface area (Å²) in [6.07, 6.45) is 5.27. The minimum absolute atomic E-state index is 0.147. The average Bonchev–Trinajstić information content (AvgIpc) is 3.02. The van der Waals surface area contributed by atoms with Crippen LogP contribution in [-0.4, -0.2) is 35.9 Å². The third-order valence-corrected chi connectivity index (χ3v) is 5.84. The number of fused-ring (bicyclic) bond motifs is 2. The number of nitrogens with one attached hydrogen (secondary N) is 1. The van der Waals surface area contributed by atoms with Gasteiger partial charge in [0, 0.05) is 11.1 Å². The highest BCUT2D eigenvalue weighted by Crippen LogP contribution is 2.38. The summed E-state index contributed by atoms with van der Waals surface area (Å²) in [4.78, 5) is 43.2. The first-order chi connectivity index (χ1) is 13.0. The first-order valence-electron chi connectivity index (χ1n) is 8.67. The van der Waals surface area contributed by atoms with E-state index in [9.17, 15) is 14.4 Å². The predicted molar refractivity (Wildman–Crippen MR) is 100 cm³/mol. The van der Waals surface area contributed by atoms with E-state index in [1.54, 1.807) is 12.1 Å². The molecule has 0 saturated heterocycles. The Labute approximate surface area is 159 Å². The summed E-state index contributed by atoms with van der Waals surface area (Å²) in [5.74, 6) is -0.544. The number of thiophene rings is 1. The number of amides is 3. The Hall–Kier alpha value is -2.94. The second-order valence-corrected chi connectivity index (χ2v) is 7.53. The van der Waals surface area contributed by atoms with E-state index in [1.807, 2.05) is 0 Å². The van der Waals surface area contributed by atoms with E-state index in [-0.39, 0.29) is 19.1 Å². The quantitative estimate of drug-likeness (QED) is 0.826. The van der Waals surface area contributed by atoms with E-state index < -0.39 is 11.8 Å². The molecule has 0 spiro atoms. The van der Waals surface area contributed by atoms with Crippen molar-refractivity contribution in [1.29, 1.82) is 0 Å². The largest absolute Gasteiger partial charge is 0.480 e. The standard InChI is InChI=1S/C18H18N4O4S/c19-16(25)15-10-4-1-2-6-12(10)27-18(15)21-13(23)8-22-14(24)9-26-11-5-3-7-20-17(11)22/h3,5,7H,1-2,4,6,8-9H2,(H2,19,25)(H,21,23). The number of pyridine rings is 1. The maximum Gasteiger partial charge on any atom is 0.266 e. The first-order valence-corrected chi connectivity index (χ1v) is 9.48. The Morgan fingerprint density at radius 2 is 2.15 bits per heavy atom. The monoisotopic (exact) mass is 386 g/mol. The Morgan fingerprint density at radius 3 is 2.96 bits per heavy atom. The van der Waals surface area contributed by atoms with Gasteiger partial charge in [-0.1, -0.05) is 0 Å². The van der Waals surface area contributed by atoms with Crippen LogP contribution in [0.1, 0.15) is 33.6 Å². The molecule has 3 heterocycles. The van der Waals surface area contributed by atoms with E-state index in [2.05, 4.69) is 10.3 Å². The fraction of sp³-hybridized carbons (Fsp3) is 0.333. The zero-order valence-corrected chi connectivity index (χ0v) is 15.3. The number of primary amides is 1. The summed E-state index contributed by atoms with van der Waals surface area (Å²) in [5, 5.41) is 3.22. The number of ether oxygens (including phenoxy) is 1. The molecule has 27 heavy (non-hydrogen) atoms. The van der Waals surface area contributed by atoms with Gasteiger partial charge in [-0.2, -0.15) is 0 Å². The van der Waals surface area contributed by atoms with Crippen LogP contribution in [0.25, 0.3) is 0 Å². The van der Waals surface area contributed by atoms with E-state index >= 15 is 0 Å². The number of carbonyl (C=O) groups excluding carboxylic acids is 3. The van der Waals surface area contributed by atoms with Crippen molar-refractivity contribution in [2.75, 3.05) is 23.4 Å². The Balaban J connectivity index is 1.56. The molecule has 2 aliphatic rings. The summed E-state index contributed by atoms with van der Waals surface area (Å²) in [6.45, 7) is -0.362. The summed E-state index contributed by atoms with van der Waals surface area (Å²) < 4.78 is 5.33. The molecule has 3 N–H and O–H groups in total. The van der Waals surface area contributed by atoms with Gasteiger partial charge in [-0.25, -0.2) is 4.98 Å². The van der Waals surface area contributed by atoms with Gasteiger partial charge in [0.2, 0.25) is 5.91 Å². The van der Waals surface area contributed by atoms with Crippen molar-refractivity contribution < 1.29 is 19.1 Å². The van der Waals surface area contributed by atoms with E-state index in [0.717, 1.165) is 36.1 Å². The van der Waals surface area contributed by atoms with Crippen LogP contribution in [0.4, 0.5) is 10.8 Å². The van der Waals surface area contributed by atoms with Crippen molar-refractivity contribution in [2.24, 2.45) is 5.73 Å². The highest BCUT2D eigenvalue weighted by Gasteiger charge is 2.30. The summed E-state index contributed by atoms with van der Waals surface area (Å²) in [6, 6.07) is 3.39. The van der Waals surface area contributed by atoms with Gasteiger partial charge in [-0.15, -0.1) is 11.3 Å². The molecule has 0 saturated carbocycles. The second-order valence-electron chi connectivity index (χ2n) is 6.42. The van der Waals surface area contributed by atoms with Crippen molar-refractivity contribution in [2.45, 2.75) is 25.7 Å². The lowest BCUT2D eigenvalue weighted by Crippen LogP contribution is -2.44. The van der Waals surface area contributed by atoms with Crippen LogP contribution >= 0.6 is 11.3 Å². The van der Waals surface area contributed by atoms with Gasteiger partial charge in [-0.05, 0) is 43.4 Å². The smallest absolute Gasteiger partial charge is 0.266 e. The zero-order chi connectivity index (χ0) is 19.0. The molecule has 8 nitrogen and oxygen atoms in total. The van der Waals surface area contributed by atoms with E-state index in [4.69, 9.17) is 10.5 Å². The number of nitrogens with zero attached hydrogens (tertiary/aromatic N) is 2. The topological polar surface area (TPSA) is 115 Å². The number of aryl methyl sites for hydroxylation is 1. The summed E-state index contributed by atoms with van der Waals surface area (Å²) in [5.41, 5.74) is 6.90. The van der Waals surface area contributed by atoms with Crippen molar-refractivity contribution in [3.8, 4) is 5.75 Å². The highest BCUT2D eigenvalue weighted by molar-refractivity contribution is 7.17. The van der Waals surface area contributed by atoms with Crippen molar-refractivity contribution in [1.82, 2.24) is 4.98 Å². The van der Waals surface area contributed by atoms with Gasteiger partial charge >= 0.3 is 0 Å². The van der Waals surface area contributed by atoms with Crippen LogP contribution in [0, 0.1) is 0 Å². The number of aromatic nitrogens is 1. The van der Waals surface area contributed by atoms with Gasteiger partial charge < -0.3 is 15.8 Å². The number of nitrogens with two attached hydrogens (primary N) is 1. The maximum atomic E-state index is 12.6. The molecule has 0 bridgehead atoms. The second kappa shape index (κ2) is 6.99. The van der Waals surface area contributed by atoms with Crippen LogP contribution in [0.5, 0.6) is 5.75 Å². The molecule has 0 unspecified atom stereocenters. The van der Waals surface area contributed by atoms with Gasteiger partial charge in [0.25, 0.3) is 11.8 Å². The lowest BCUT2D eigenvalue weighted by molar-refractivity contribution is -0.123. The SMILES string of the molecule is NC(=O)c1c(NC(=O)CN2C(=O)COc3cccnc32)sc2c1CCCC2.